The monoisotopic (exact) mass is 653 g/mol. The van der Waals surface area contributed by atoms with E-state index in [0.29, 0.717) is 6.42 Å². The van der Waals surface area contributed by atoms with Gasteiger partial charge in [0, 0.05) is 27.1 Å². The molecule has 0 saturated carbocycles. The van der Waals surface area contributed by atoms with Crippen molar-refractivity contribution in [2.45, 2.75) is 126 Å². The van der Waals surface area contributed by atoms with Crippen molar-refractivity contribution in [2.24, 2.45) is 35.5 Å². The van der Waals surface area contributed by atoms with Crippen LogP contribution in [0.25, 0.3) is 0 Å². The van der Waals surface area contributed by atoms with Gasteiger partial charge in [0.2, 0.25) is 0 Å². The van der Waals surface area contributed by atoms with Crippen LogP contribution in [0.3, 0.4) is 0 Å². The molecule has 1 heterocycles. The van der Waals surface area contributed by atoms with E-state index in [-0.39, 0.29) is 0 Å². The molecule has 0 aromatic rings. The Morgan fingerprint density at radius 1 is 0.457 bits per heavy atom. The molecule has 1 fully saturated rings. The third-order valence-electron chi connectivity index (χ3n) is 8.74. The minimum absolute atomic E-state index is 0.431. The van der Waals surface area contributed by atoms with Gasteiger partial charge in [-0.25, -0.2) is 14.4 Å². The average Bonchev–Trinajstić information content (AvgIpc) is 2.94. The summed E-state index contributed by atoms with van der Waals surface area (Å²) >= 11 is 0. The Hall–Kier alpha value is -3.18. The lowest BCUT2D eigenvalue weighted by molar-refractivity contribution is -0.181. The molecule has 7 atom stereocenters. The molecule has 1 rings (SSSR count). The second kappa shape index (κ2) is 17.1. The summed E-state index contributed by atoms with van der Waals surface area (Å²) in [6, 6.07) is -3.34. The Bertz CT molecular complexity index is 1090. The summed E-state index contributed by atoms with van der Waals surface area (Å²) in [6.07, 6.45) is -3.34. The van der Waals surface area contributed by atoms with Crippen molar-refractivity contribution in [2.75, 3.05) is 21.1 Å². The molecule has 0 bridgehead atoms. The molecule has 0 aromatic carbocycles. The second-order valence-corrected chi connectivity index (χ2v) is 14.4. The molecule has 0 N–H and O–H groups in total. The van der Waals surface area contributed by atoms with Crippen LogP contribution in [0.15, 0.2) is 0 Å². The van der Waals surface area contributed by atoms with Crippen molar-refractivity contribution in [1.82, 2.24) is 14.7 Å². The first-order chi connectivity index (χ1) is 21.1. The predicted molar refractivity (Wildman–Crippen MR) is 173 cm³/mol. The number of nitrogens with zero attached hydrogens (tertiary/aromatic N) is 3. The van der Waals surface area contributed by atoms with Crippen LogP contribution in [0.4, 0.5) is 0 Å². The molecule has 0 spiro atoms. The third-order valence-corrected chi connectivity index (χ3v) is 8.74. The zero-order valence-electron chi connectivity index (χ0n) is 30.7. The van der Waals surface area contributed by atoms with E-state index in [9.17, 15) is 28.8 Å². The van der Waals surface area contributed by atoms with Gasteiger partial charge in [-0.15, -0.1) is 0 Å². The lowest BCUT2D eigenvalue weighted by Gasteiger charge is -2.38. The van der Waals surface area contributed by atoms with Gasteiger partial charge in [-0.05, 0) is 36.0 Å². The SMILES string of the molecule is CCC(C)[C@H]1OC(=O)[C@H](C(C)C)N(C)C(=O)[C@@H](C(C)C)OC(=O)[C@H](C(C)C)N(C)C(=O)[C@@H](C(C)C)OC(=O)[C@H](C(C)C)N(C)C1=O. The number of likely N-dealkylation sites (N-methyl/N-ethyl adjacent to an activating group) is 3. The van der Waals surface area contributed by atoms with Crippen molar-refractivity contribution >= 4 is 35.6 Å². The Labute approximate surface area is 275 Å². The number of carbonyl (C=O) groups is 6. The van der Waals surface area contributed by atoms with Crippen LogP contribution in [0.5, 0.6) is 0 Å². The molecule has 0 aromatic heterocycles. The minimum Gasteiger partial charge on any atom is -0.450 e. The average molecular weight is 654 g/mol. The standard InChI is InChI=1S/C34H59N3O9/c1-16-22(12)28-31(40)37(15)24(18(4)5)33(42)45-26(20(8)9)29(38)35(13)23(17(2)3)32(41)44-27(21(10)11)30(39)36(14)25(19(6)7)34(43)46-28/h17-28H,16H2,1-15H3/t22?,23-,24-,25-,26+,27+,28+/m0/s1. The number of amides is 3. The smallest absolute Gasteiger partial charge is 0.329 e. The quantitative estimate of drug-likeness (QED) is 0.298. The van der Waals surface area contributed by atoms with Crippen molar-refractivity contribution in [1.29, 1.82) is 0 Å². The van der Waals surface area contributed by atoms with Gasteiger partial charge in [-0.2, -0.15) is 0 Å². The summed E-state index contributed by atoms with van der Waals surface area (Å²) in [7, 11) is 4.32. The molecule has 1 aliphatic rings. The molecule has 1 aliphatic heterocycles. The number of carbonyl (C=O) groups excluding carboxylic acids is 6. The van der Waals surface area contributed by atoms with E-state index >= 15 is 0 Å². The van der Waals surface area contributed by atoms with E-state index in [1.165, 1.54) is 35.8 Å². The first kappa shape index (κ1) is 40.8. The fraction of sp³-hybridized carbons (Fsp3) is 0.824. The zero-order valence-corrected chi connectivity index (χ0v) is 30.7. The van der Waals surface area contributed by atoms with Gasteiger partial charge >= 0.3 is 17.9 Å². The molecule has 12 heteroatoms. The maximum Gasteiger partial charge on any atom is 0.329 e. The maximum absolute atomic E-state index is 14.0. The molecular weight excluding hydrogens is 594 g/mol. The number of rotatable bonds is 7. The Kier molecular flexibility index (Phi) is 15.2. The zero-order chi connectivity index (χ0) is 36.0. The molecule has 1 unspecified atom stereocenters. The van der Waals surface area contributed by atoms with E-state index in [0.717, 1.165) is 0 Å². The van der Waals surface area contributed by atoms with Gasteiger partial charge in [0.15, 0.2) is 18.3 Å². The van der Waals surface area contributed by atoms with Gasteiger partial charge in [0.1, 0.15) is 18.1 Å². The fourth-order valence-electron chi connectivity index (χ4n) is 5.80. The summed E-state index contributed by atoms with van der Waals surface area (Å²) in [4.78, 5) is 86.8. The molecular formula is C34H59N3O9. The van der Waals surface area contributed by atoms with Crippen LogP contribution >= 0.6 is 0 Å². The lowest BCUT2D eigenvalue weighted by atomic mass is 9.96. The molecule has 46 heavy (non-hydrogen) atoms. The summed E-state index contributed by atoms with van der Waals surface area (Å²) in [6.45, 7) is 20.9. The Balaban J connectivity index is 3.97. The van der Waals surface area contributed by atoms with Gasteiger partial charge in [-0.1, -0.05) is 83.1 Å². The minimum atomic E-state index is -1.28. The van der Waals surface area contributed by atoms with Crippen LogP contribution in [0.2, 0.25) is 0 Å². The van der Waals surface area contributed by atoms with Crippen LogP contribution in [0.1, 0.15) is 89.5 Å². The number of cyclic esters (lactones) is 3. The Morgan fingerprint density at radius 3 is 0.913 bits per heavy atom. The highest BCUT2D eigenvalue weighted by molar-refractivity contribution is 5.94. The maximum atomic E-state index is 14.0. The molecule has 1 saturated heterocycles. The van der Waals surface area contributed by atoms with Crippen LogP contribution in [-0.4, -0.2) is 108 Å². The highest BCUT2D eigenvalue weighted by Gasteiger charge is 2.45. The third kappa shape index (κ3) is 9.44. The molecule has 264 valence electrons. The first-order valence-corrected chi connectivity index (χ1v) is 16.5. The molecule has 0 aliphatic carbocycles. The summed E-state index contributed by atoms with van der Waals surface area (Å²) in [5, 5.41) is 0. The molecule has 12 nitrogen and oxygen atoms in total. The van der Waals surface area contributed by atoms with Crippen LogP contribution in [0, 0.1) is 35.5 Å². The van der Waals surface area contributed by atoms with Crippen molar-refractivity contribution in [3.63, 3.8) is 0 Å². The number of esters is 3. The summed E-state index contributed by atoms with van der Waals surface area (Å²) < 4.78 is 17.6. The highest BCUT2D eigenvalue weighted by atomic mass is 16.6. The van der Waals surface area contributed by atoms with Crippen LogP contribution < -0.4 is 0 Å². The van der Waals surface area contributed by atoms with Gasteiger partial charge in [0.05, 0.1) is 0 Å². The van der Waals surface area contributed by atoms with Gasteiger partial charge in [0.25, 0.3) is 17.7 Å². The Morgan fingerprint density at radius 2 is 0.696 bits per heavy atom. The van der Waals surface area contributed by atoms with Crippen LogP contribution in [-0.2, 0) is 43.0 Å². The van der Waals surface area contributed by atoms with E-state index in [1.807, 2.05) is 6.92 Å². The number of ether oxygens (including phenoxy) is 3. The van der Waals surface area contributed by atoms with Gasteiger partial charge in [-0.3, -0.25) is 14.4 Å². The topological polar surface area (TPSA) is 140 Å². The largest absolute Gasteiger partial charge is 0.450 e. The fourth-order valence-corrected chi connectivity index (χ4v) is 5.80. The van der Waals surface area contributed by atoms with E-state index in [1.54, 1.807) is 76.2 Å². The molecule has 0 radical (unpaired) electrons. The van der Waals surface area contributed by atoms with Crippen molar-refractivity contribution in [3.8, 4) is 0 Å². The normalized spacial score (nSPS) is 27.8. The predicted octanol–water partition coefficient (Wildman–Crippen LogP) is 3.54. The number of hydrogen-bond donors (Lipinski definition) is 0. The highest BCUT2D eigenvalue weighted by Crippen LogP contribution is 2.25. The van der Waals surface area contributed by atoms with Crippen molar-refractivity contribution in [3.05, 3.63) is 0 Å². The number of hydrogen-bond acceptors (Lipinski definition) is 9. The van der Waals surface area contributed by atoms with E-state index < -0.39 is 108 Å². The van der Waals surface area contributed by atoms with E-state index in [4.69, 9.17) is 14.2 Å². The van der Waals surface area contributed by atoms with Gasteiger partial charge < -0.3 is 28.9 Å². The second-order valence-electron chi connectivity index (χ2n) is 14.4. The molecule has 3 amide bonds. The van der Waals surface area contributed by atoms with Crippen molar-refractivity contribution < 1.29 is 43.0 Å². The summed E-state index contributed by atoms with van der Waals surface area (Å²) in [5.74, 6) is -6.92. The van der Waals surface area contributed by atoms with E-state index in [2.05, 4.69) is 0 Å². The lowest BCUT2D eigenvalue weighted by Crippen LogP contribution is -2.58. The first-order valence-electron chi connectivity index (χ1n) is 16.5. The summed E-state index contributed by atoms with van der Waals surface area (Å²) in [5.41, 5.74) is 0.